The van der Waals surface area contributed by atoms with Gasteiger partial charge in [0.1, 0.15) is 6.61 Å². The molecule has 0 saturated carbocycles. The van der Waals surface area contributed by atoms with E-state index in [4.69, 9.17) is 16.3 Å². The summed E-state index contributed by atoms with van der Waals surface area (Å²) in [5.41, 5.74) is 5.76. The molecule has 198 valence electrons. The maximum atomic E-state index is 13.4. The van der Waals surface area contributed by atoms with Crippen LogP contribution in [0.5, 0.6) is 0 Å². The molecule has 0 aromatic heterocycles. The second-order valence-electron chi connectivity index (χ2n) is 9.20. The molecule has 0 saturated heterocycles. The number of thioether (sulfide) groups is 1. The van der Waals surface area contributed by atoms with Gasteiger partial charge in [-0.3, -0.25) is 4.79 Å². The third kappa shape index (κ3) is 6.91. The summed E-state index contributed by atoms with van der Waals surface area (Å²) in [5.74, 6) is -1.32. The molecule has 1 atom stereocenters. The smallest absolute Gasteiger partial charge is 0.337 e. The Kier molecular flexibility index (Phi) is 9.13. The van der Waals surface area contributed by atoms with Crippen molar-refractivity contribution in [2.45, 2.75) is 33.3 Å². The molecule has 0 unspecified atom stereocenters. The highest BCUT2D eigenvalue weighted by Gasteiger charge is 2.35. The fourth-order valence-corrected chi connectivity index (χ4v) is 5.26. The highest BCUT2D eigenvalue weighted by Crippen LogP contribution is 2.41. The molecule has 4 rings (SSSR count). The van der Waals surface area contributed by atoms with E-state index in [1.807, 2.05) is 62.4 Å². The first-order valence-electron chi connectivity index (χ1n) is 12.3. The van der Waals surface area contributed by atoms with E-state index in [0.29, 0.717) is 32.6 Å². The zero-order valence-electron chi connectivity index (χ0n) is 21.9. The van der Waals surface area contributed by atoms with Crippen molar-refractivity contribution >= 4 is 40.9 Å². The predicted molar refractivity (Wildman–Crippen MR) is 156 cm³/mol. The van der Waals surface area contributed by atoms with Gasteiger partial charge in [0.05, 0.1) is 33.9 Å². The van der Waals surface area contributed by atoms with Crippen LogP contribution in [0.4, 0.5) is 5.69 Å². The summed E-state index contributed by atoms with van der Waals surface area (Å²) in [4.78, 5) is 26.1. The Balaban J connectivity index is 1.58. The first-order chi connectivity index (χ1) is 18.8. The lowest BCUT2D eigenvalue weighted by Gasteiger charge is -2.29. The standard InChI is InChI=1S/C31H28ClN3O3S/c1-19-9-14-25(15-20(19)2)35-27(36)18-39-30-26(16-33)29(23-10-12-24(32)13-11-23)28(21(3)34-30)31(37)38-17-22-7-5-4-6-8-22/h4-15,29,34H,17-18H2,1-3H3,(H,35,36)/t29-/m1/s1. The first-order valence-corrected chi connectivity index (χ1v) is 13.7. The van der Waals surface area contributed by atoms with Gasteiger partial charge in [0.25, 0.3) is 0 Å². The van der Waals surface area contributed by atoms with E-state index >= 15 is 0 Å². The van der Waals surface area contributed by atoms with Crippen LogP contribution in [-0.4, -0.2) is 17.6 Å². The molecular formula is C31H28ClN3O3S. The number of aryl methyl sites for hydroxylation is 2. The van der Waals surface area contributed by atoms with Crippen LogP contribution in [-0.2, 0) is 20.9 Å². The van der Waals surface area contributed by atoms with Gasteiger partial charge >= 0.3 is 5.97 Å². The minimum Gasteiger partial charge on any atom is -0.457 e. The molecule has 3 aromatic rings. The van der Waals surface area contributed by atoms with Crippen molar-refractivity contribution in [2.75, 3.05) is 11.1 Å². The number of hydrogen-bond acceptors (Lipinski definition) is 6. The molecule has 1 amide bonds. The number of allylic oxidation sites excluding steroid dienone is 2. The number of amides is 1. The Morgan fingerprint density at radius 3 is 2.41 bits per heavy atom. The van der Waals surface area contributed by atoms with Crippen LogP contribution in [0.2, 0.25) is 5.02 Å². The van der Waals surface area contributed by atoms with E-state index < -0.39 is 11.9 Å². The highest BCUT2D eigenvalue weighted by molar-refractivity contribution is 8.03. The van der Waals surface area contributed by atoms with Crippen molar-refractivity contribution in [3.05, 3.63) is 122 Å². The zero-order chi connectivity index (χ0) is 27.9. The van der Waals surface area contributed by atoms with Gasteiger partial charge in [0, 0.05) is 16.4 Å². The average Bonchev–Trinajstić information content (AvgIpc) is 2.93. The quantitative estimate of drug-likeness (QED) is 0.297. The van der Waals surface area contributed by atoms with Gasteiger partial charge in [-0.1, -0.05) is 71.9 Å². The maximum absolute atomic E-state index is 13.4. The summed E-state index contributed by atoms with van der Waals surface area (Å²) in [6.07, 6.45) is 0. The number of benzene rings is 3. The van der Waals surface area contributed by atoms with Gasteiger partial charge < -0.3 is 15.4 Å². The third-order valence-electron chi connectivity index (χ3n) is 6.42. The van der Waals surface area contributed by atoms with E-state index in [1.54, 1.807) is 31.2 Å². The normalized spacial score (nSPS) is 14.9. The molecule has 39 heavy (non-hydrogen) atoms. The first kappa shape index (κ1) is 28.0. The van der Waals surface area contributed by atoms with Crippen molar-refractivity contribution in [3.63, 3.8) is 0 Å². The highest BCUT2D eigenvalue weighted by atomic mass is 35.5. The monoisotopic (exact) mass is 557 g/mol. The van der Waals surface area contributed by atoms with Gasteiger partial charge in [0.15, 0.2) is 0 Å². The third-order valence-corrected chi connectivity index (χ3v) is 7.69. The number of anilines is 1. The van der Waals surface area contributed by atoms with E-state index in [9.17, 15) is 14.9 Å². The molecule has 1 aliphatic rings. The average molecular weight is 558 g/mol. The second-order valence-corrected chi connectivity index (χ2v) is 10.6. The Hall–Kier alpha value is -3.99. The molecule has 0 radical (unpaired) electrons. The molecule has 6 nitrogen and oxygen atoms in total. The van der Waals surface area contributed by atoms with Gasteiger partial charge in [-0.15, -0.1) is 0 Å². The minimum atomic E-state index is -0.679. The van der Waals surface area contributed by atoms with E-state index in [1.165, 1.54) is 11.8 Å². The topological polar surface area (TPSA) is 91.2 Å². The summed E-state index contributed by atoms with van der Waals surface area (Å²) in [6.45, 7) is 5.88. The number of dihydropyridines is 1. The number of nitrogens with zero attached hydrogens (tertiary/aromatic N) is 1. The molecule has 1 heterocycles. The number of hydrogen-bond donors (Lipinski definition) is 2. The maximum Gasteiger partial charge on any atom is 0.337 e. The lowest BCUT2D eigenvalue weighted by Crippen LogP contribution is -2.29. The minimum absolute atomic E-state index is 0.0782. The van der Waals surface area contributed by atoms with Crippen LogP contribution >= 0.6 is 23.4 Å². The van der Waals surface area contributed by atoms with Gasteiger partial charge in [-0.25, -0.2) is 4.79 Å². The number of ether oxygens (including phenoxy) is 1. The zero-order valence-corrected chi connectivity index (χ0v) is 23.5. The second kappa shape index (κ2) is 12.7. The van der Waals surface area contributed by atoms with Crippen LogP contribution in [0.3, 0.4) is 0 Å². The Labute approximate surface area is 237 Å². The summed E-state index contributed by atoms with van der Waals surface area (Å²) in [5, 5.41) is 17.4. The molecule has 0 aliphatic carbocycles. The number of carbonyl (C=O) groups is 2. The fraction of sp³-hybridized carbons (Fsp3) is 0.194. The molecule has 3 aromatic carbocycles. The molecular weight excluding hydrogens is 530 g/mol. The van der Waals surface area contributed by atoms with E-state index in [2.05, 4.69) is 16.7 Å². The van der Waals surface area contributed by atoms with Crippen LogP contribution in [0, 0.1) is 25.2 Å². The Bertz CT molecular complexity index is 1490. The number of carbonyl (C=O) groups excluding carboxylic acids is 2. The largest absolute Gasteiger partial charge is 0.457 e. The molecule has 2 N–H and O–H groups in total. The van der Waals surface area contributed by atoms with Crippen molar-refractivity contribution in [2.24, 2.45) is 0 Å². The predicted octanol–water partition coefficient (Wildman–Crippen LogP) is 6.77. The summed E-state index contributed by atoms with van der Waals surface area (Å²) in [7, 11) is 0. The summed E-state index contributed by atoms with van der Waals surface area (Å²) >= 11 is 7.34. The van der Waals surface area contributed by atoms with Crippen molar-refractivity contribution < 1.29 is 14.3 Å². The Morgan fingerprint density at radius 2 is 1.74 bits per heavy atom. The van der Waals surface area contributed by atoms with Crippen LogP contribution in [0.25, 0.3) is 0 Å². The SMILES string of the molecule is CC1=C(C(=O)OCc2ccccc2)[C@H](c2ccc(Cl)cc2)C(C#N)=C(SCC(=O)Nc2ccc(C)c(C)c2)N1. The number of nitrogens with one attached hydrogen (secondary N) is 2. The van der Waals surface area contributed by atoms with Crippen LogP contribution in [0.1, 0.15) is 35.1 Å². The molecule has 1 aliphatic heterocycles. The van der Waals surface area contributed by atoms with Crippen LogP contribution < -0.4 is 10.6 Å². The number of rotatable bonds is 8. The fourth-order valence-electron chi connectivity index (χ4n) is 4.24. The molecule has 0 spiro atoms. The van der Waals surface area contributed by atoms with Crippen molar-refractivity contribution in [3.8, 4) is 6.07 Å². The van der Waals surface area contributed by atoms with Crippen LogP contribution in [0.15, 0.2) is 94.7 Å². The molecule has 0 fully saturated rings. The number of nitriles is 1. The van der Waals surface area contributed by atoms with E-state index in [-0.39, 0.29) is 18.3 Å². The molecule has 8 heteroatoms. The number of halogens is 1. The lowest BCUT2D eigenvalue weighted by atomic mass is 9.82. The van der Waals surface area contributed by atoms with Crippen molar-refractivity contribution in [1.82, 2.24) is 5.32 Å². The number of esters is 1. The molecule has 0 bridgehead atoms. The lowest BCUT2D eigenvalue weighted by molar-refractivity contribution is -0.140. The Morgan fingerprint density at radius 1 is 1.03 bits per heavy atom. The van der Waals surface area contributed by atoms with Gasteiger partial charge in [-0.2, -0.15) is 5.26 Å². The van der Waals surface area contributed by atoms with E-state index in [0.717, 1.165) is 22.3 Å². The van der Waals surface area contributed by atoms with Gasteiger partial charge in [0.2, 0.25) is 5.91 Å². The van der Waals surface area contributed by atoms with Crippen molar-refractivity contribution in [1.29, 1.82) is 5.26 Å². The van der Waals surface area contributed by atoms with Gasteiger partial charge in [-0.05, 0) is 67.3 Å². The summed E-state index contributed by atoms with van der Waals surface area (Å²) in [6, 6.07) is 24.5. The summed E-state index contributed by atoms with van der Waals surface area (Å²) < 4.78 is 5.66.